The Morgan fingerprint density at radius 1 is 0.906 bits per heavy atom. The molecule has 3 heterocycles. The van der Waals surface area contributed by atoms with Crippen molar-refractivity contribution in [1.29, 1.82) is 0 Å². The van der Waals surface area contributed by atoms with E-state index in [0.717, 1.165) is 55.3 Å². The standard InChI is InChI=1S/C26H28N4O2/c1-32-24-11-7-21(8-12-24)17-29-19-23-18-28(14-15-30(23)26(29)31)16-20-5-9-22(10-6-20)25-4-2-3-13-27-25/h2-13,23H,14-19H2,1H3/t23-/m1/s1. The second-order valence-electron chi connectivity index (χ2n) is 8.51. The summed E-state index contributed by atoms with van der Waals surface area (Å²) in [5.74, 6) is 0.836. The van der Waals surface area contributed by atoms with Crippen molar-refractivity contribution in [2.75, 3.05) is 33.3 Å². The fourth-order valence-electron chi connectivity index (χ4n) is 4.64. The number of ether oxygens (including phenoxy) is 1. The molecule has 3 aromatic rings. The first-order valence-electron chi connectivity index (χ1n) is 11.1. The fourth-order valence-corrected chi connectivity index (χ4v) is 4.64. The number of nitrogens with zero attached hydrogens (tertiary/aromatic N) is 4. The molecular weight excluding hydrogens is 400 g/mol. The van der Waals surface area contributed by atoms with Gasteiger partial charge in [-0.3, -0.25) is 9.88 Å². The van der Waals surface area contributed by atoms with Crippen molar-refractivity contribution in [3.05, 3.63) is 84.1 Å². The van der Waals surface area contributed by atoms with Gasteiger partial charge in [-0.2, -0.15) is 0 Å². The van der Waals surface area contributed by atoms with E-state index in [1.54, 1.807) is 7.11 Å². The van der Waals surface area contributed by atoms with Gasteiger partial charge in [0.05, 0.1) is 18.8 Å². The van der Waals surface area contributed by atoms with E-state index in [0.29, 0.717) is 6.54 Å². The average molecular weight is 429 g/mol. The minimum absolute atomic E-state index is 0.158. The van der Waals surface area contributed by atoms with Crippen molar-refractivity contribution in [3.8, 4) is 17.0 Å². The molecule has 0 bridgehead atoms. The molecule has 2 amide bonds. The highest BCUT2D eigenvalue weighted by atomic mass is 16.5. The van der Waals surface area contributed by atoms with E-state index in [-0.39, 0.29) is 12.1 Å². The van der Waals surface area contributed by atoms with Crippen molar-refractivity contribution in [1.82, 2.24) is 19.7 Å². The van der Waals surface area contributed by atoms with Crippen molar-refractivity contribution in [2.24, 2.45) is 0 Å². The van der Waals surface area contributed by atoms with Crippen LogP contribution in [0.5, 0.6) is 5.75 Å². The van der Waals surface area contributed by atoms with Crippen LogP contribution in [0.3, 0.4) is 0 Å². The molecule has 0 spiro atoms. The summed E-state index contributed by atoms with van der Waals surface area (Å²) in [5, 5.41) is 0. The molecule has 1 aromatic heterocycles. The average Bonchev–Trinajstić information content (AvgIpc) is 3.15. The molecular formula is C26H28N4O2. The van der Waals surface area contributed by atoms with E-state index in [1.165, 1.54) is 5.56 Å². The van der Waals surface area contributed by atoms with Crippen LogP contribution in [0.1, 0.15) is 11.1 Å². The highest BCUT2D eigenvalue weighted by molar-refractivity contribution is 5.77. The SMILES string of the molecule is COc1ccc(CN2C[C@H]3CN(Cc4ccc(-c5ccccn5)cc4)CCN3C2=O)cc1. The van der Waals surface area contributed by atoms with E-state index in [1.807, 2.05) is 58.5 Å². The van der Waals surface area contributed by atoms with Gasteiger partial charge < -0.3 is 14.5 Å². The molecule has 2 aliphatic heterocycles. The first kappa shape index (κ1) is 20.5. The van der Waals surface area contributed by atoms with E-state index >= 15 is 0 Å². The number of piperazine rings is 1. The molecule has 2 aromatic carbocycles. The zero-order valence-corrected chi connectivity index (χ0v) is 18.4. The highest BCUT2D eigenvalue weighted by Gasteiger charge is 2.40. The molecule has 0 saturated carbocycles. The van der Waals surface area contributed by atoms with Crippen LogP contribution in [0.2, 0.25) is 0 Å². The van der Waals surface area contributed by atoms with Gasteiger partial charge in [0.25, 0.3) is 0 Å². The van der Waals surface area contributed by atoms with Gasteiger partial charge in [0.1, 0.15) is 5.75 Å². The van der Waals surface area contributed by atoms with Crippen molar-refractivity contribution in [2.45, 2.75) is 19.1 Å². The molecule has 0 radical (unpaired) electrons. The lowest BCUT2D eigenvalue weighted by Gasteiger charge is -2.36. The normalized spacial score (nSPS) is 18.7. The number of benzene rings is 2. The maximum absolute atomic E-state index is 12.9. The smallest absolute Gasteiger partial charge is 0.320 e. The van der Waals surface area contributed by atoms with Gasteiger partial charge in [-0.15, -0.1) is 0 Å². The Bertz CT molecular complexity index is 1050. The first-order valence-corrected chi connectivity index (χ1v) is 11.1. The molecule has 6 nitrogen and oxygen atoms in total. The Morgan fingerprint density at radius 3 is 2.38 bits per heavy atom. The van der Waals surface area contributed by atoms with Gasteiger partial charge in [0.15, 0.2) is 0 Å². The van der Waals surface area contributed by atoms with Gasteiger partial charge in [-0.25, -0.2) is 4.79 Å². The summed E-state index contributed by atoms with van der Waals surface area (Å²) in [6.45, 7) is 4.92. The lowest BCUT2D eigenvalue weighted by Crippen LogP contribution is -2.51. The Balaban J connectivity index is 1.19. The first-order chi connectivity index (χ1) is 15.7. The third-order valence-electron chi connectivity index (χ3n) is 6.37. The van der Waals surface area contributed by atoms with Gasteiger partial charge in [-0.05, 0) is 35.4 Å². The largest absolute Gasteiger partial charge is 0.497 e. The van der Waals surface area contributed by atoms with Crippen LogP contribution < -0.4 is 4.74 Å². The topological polar surface area (TPSA) is 48.9 Å². The van der Waals surface area contributed by atoms with Gasteiger partial charge in [0, 0.05) is 51.0 Å². The molecule has 2 fully saturated rings. The number of hydrogen-bond donors (Lipinski definition) is 0. The van der Waals surface area contributed by atoms with Crippen molar-refractivity contribution in [3.63, 3.8) is 0 Å². The Labute approximate surface area is 189 Å². The van der Waals surface area contributed by atoms with E-state index in [4.69, 9.17) is 4.74 Å². The van der Waals surface area contributed by atoms with E-state index in [9.17, 15) is 4.79 Å². The highest BCUT2D eigenvalue weighted by Crippen LogP contribution is 2.25. The lowest BCUT2D eigenvalue weighted by atomic mass is 10.1. The number of urea groups is 1. The summed E-state index contributed by atoms with van der Waals surface area (Å²) in [7, 11) is 1.66. The fraction of sp³-hybridized carbons (Fsp3) is 0.308. The molecule has 0 unspecified atom stereocenters. The van der Waals surface area contributed by atoms with Crippen LogP contribution in [-0.2, 0) is 13.1 Å². The van der Waals surface area contributed by atoms with Crippen LogP contribution >= 0.6 is 0 Å². The van der Waals surface area contributed by atoms with Crippen molar-refractivity contribution < 1.29 is 9.53 Å². The second kappa shape index (κ2) is 9.01. The number of pyridine rings is 1. The number of aromatic nitrogens is 1. The number of rotatable bonds is 6. The zero-order chi connectivity index (χ0) is 21.9. The summed E-state index contributed by atoms with van der Waals surface area (Å²) < 4.78 is 5.23. The summed E-state index contributed by atoms with van der Waals surface area (Å²) in [5.41, 5.74) is 4.55. The maximum atomic E-state index is 12.9. The number of fused-ring (bicyclic) bond motifs is 1. The minimum atomic E-state index is 0.158. The zero-order valence-electron chi connectivity index (χ0n) is 18.4. The number of carbonyl (C=O) groups excluding carboxylic acids is 1. The number of methoxy groups -OCH3 is 1. The van der Waals surface area contributed by atoms with Crippen molar-refractivity contribution >= 4 is 6.03 Å². The summed E-state index contributed by atoms with van der Waals surface area (Å²) in [6.07, 6.45) is 1.82. The van der Waals surface area contributed by atoms with E-state index in [2.05, 4.69) is 34.1 Å². The van der Waals surface area contributed by atoms with Crippen LogP contribution in [0.4, 0.5) is 4.79 Å². The molecule has 2 aliphatic rings. The molecule has 32 heavy (non-hydrogen) atoms. The predicted molar refractivity (Wildman–Crippen MR) is 124 cm³/mol. The van der Waals surface area contributed by atoms with Crippen LogP contribution in [-0.4, -0.2) is 65.0 Å². The molecule has 5 rings (SSSR count). The Hall–Kier alpha value is -3.38. The third-order valence-corrected chi connectivity index (χ3v) is 6.37. The van der Waals surface area contributed by atoms with Crippen LogP contribution in [0.25, 0.3) is 11.3 Å². The molecule has 2 saturated heterocycles. The molecule has 6 heteroatoms. The van der Waals surface area contributed by atoms with E-state index < -0.39 is 0 Å². The summed E-state index contributed by atoms with van der Waals surface area (Å²) in [4.78, 5) is 23.8. The quantitative estimate of drug-likeness (QED) is 0.598. The maximum Gasteiger partial charge on any atom is 0.320 e. The summed E-state index contributed by atoms with van der Waals surface area (Å²) in [6, 6.07) is 23.0. The number of hydrogen-bond acceptors (Lipinski definition) is 4. The van der Waals surface area contributed by atoms with Gasteiger partial charge >= 0.3 is 6.03 Å². The number of carbonyl (C=O) groups is 1. The Kier molecular flexibility index (Phi) is 5.77. The van der Waals surface area contributed by atoms with Crippen LogP contribution in [0, 0.1) is 0 Å². The summed E-state index contributed by atoms with van der Waals surface area (Å²) >= 11 is 0. The monoisotopic (exact) mass is 428 g/mol. The minimum Gasteiger partial charge on any atom is -0.497 e. The number of amides is 2. The van der Waals surface area contributed by atoms with Gasteiger partial charge in [-0.1, -0.05) is 42.5 Å². The third kappa shape index (κ3) is 4.32. The van der Waals surface area contributed by atoms with Gasteiger partial charge in [0.2, 0.25) is 0 Å². The molecule has 164 valence electrons. The molecule has 1 atom stereocenters. The second-order valence-corrected chi connectivity index (χ2v) is 8.51. The molecule has 0 aliphatic carbocycles. The Morgan fingerprint density at radius 2 is 1.66 bits per heavy atom. The lowest BCUT2D eigenvalue weighted by molar-refractivity contribution is 0.116. The van der Waals surface area contributed by atoms with Crippen LogP contribution in [0.15, 0.2) is 72.9 Å². The molecule has 0 N–H and O–H groups in total. The predicted octanol–water partition coefficient (Wildman–Crippen LogP) is 3.88.